The summed E-state index contributed by atoms with van der Waals surface area (Å²) in [4.78, 5) is 24.0. The average Bonchev–Trinajstić information content (AvgIpc) is 2.53. The number of Topliss-reactive ketones (excluding diaryl/α,β-unsaturated/α-hetero) is 1. The van der Waals surface area contributed by atoms with Crippen molar-refractivity contribution in [2.45, 2.75) is 13.3 Å². The number of aryl methyl sites for hydroxylation is 1. The lowest BCUT2D eigenvalue weighted by Gasteiger charge is -2.07. The number of rotatable bonds is 5. The van der Waals surface area contributed by atoms with Crippen LogP contribution in [0.1, 0.15) is 28.4 Å². The highest BCUT2D eigenvalue weighted by Gasteiger charge is 2.21. The van der Waals surface area contributed by atoms with E-state index in [2.05, 4.69) is 0 Å². The summed E-state index contributed by atoms with van der Waals surface area (Å²) in [5, 5.41) is 18.6. The lowest BCUT2D eigenvalue weighted by molar-refractivity contribution is -0.132. The summed E-state index contributed by atoms with van der Waals surface area (Å²) in [6, 6.07) is 13.0. The van der Waals surface area contributed by atoms with Crippen LogP contribution >= 0.6 is 0 Å². The maximum Gasteiger partial charge on any atom is 0.339 e. The second-order valence-corrected chi connectivity index (χ2v) is 4.79. The van der Waals surface area contributed by atoms with Gasteiger partial charge in [0.15, 0.2) is 0 Å². The molecule has 4 nitrogen and oxygen atoms in total. The van der Waals surface area contributed by atoms with Gasteiger partial charge in [-0.05, 0) is 35.8 Å². The summed E-state index contributed by atoms with van der Waals surface area (Å²) in [7, 11) is 0. The zero-order chi connectivity index (χ0) is 16.1. The number of aliphatic carboxylic acids is 1. The molecule has 0 saturated heterocycles. The predicted octanol–water partition coefficient (Wildman–Crippen LogP) is 3.31. The Morgan fingerprint density at radius 3 is 2.27 bits per heavy atom. The Kier molecular flexibility index (Phi) is 4.73. The van der Waals surface area contributed by atoms with E-state index in [1.54, 1.807) is 24.3 Å². The van der Waals surface area contributed by atoms with Gasteiger partial charge in [0.1, 0.15) is 11.3 Å². The lowest BCUT2D eigenvalue weighted by Crippen LogP contribution is -2.14. The highest BCUT2D eigenvalue weighted by molar-refractivity contribution is 6.26. The maximum atomic E-state index is 12.5. The molecule has 0 radical (unpaired) electrons. The van der Waals surface area contributed by atoms with Gasteiger partial charge < -0.3 is 10.2 Å². The quantitative estimate of drug-likeness (QED) is 0.384. The molecular weight excluding hydrogens is 280 g/mol. The van der Waals surface area contributed by atoms with E-state index in [1.165, 1.54) is 18.2 Å². The van der Waals surface area contributed by atoms with Crippen molar-refractivity contribution in [2.75, 3.05) is 0 Å². The van der Waals surface area contributed by atoms with Crippen molar-refractivity contribution in [3.8, 4) is 5.75 Å². The number of hydrogen-bond donors (Lipinski definition) is 2. The van der Waals surface area contributed by atoms with E-state index in [-0.39, 0.29) is 11.3 Å². The largest absolute Gasteiger partial charge is 0.508 e. The van der Waals surface area contributed by atoms with Crippen molar-refractivity contribution < 1.29 is 19.8 Å². The summed E-state index contributed by atoms with van der Waals surface area (Å²) in [5.74, 6) is -1.71. The first-order valence-corrected chi connectivity index (χ1v) is 6.89. The monoisotopic (exact) mass is 296 g/mol. The first kappa shape index (κ1) is 15.5. The van der Waals surface area contributed by atoms with Crippen LogP contribution in [0.5, 0.6) is 5.75 Å². The molecule has 0 aliphatic carbocycles. The molecule has 112 valence electrons. The summed E-state index contributed by atoms with van der Waals surface area (Å²) < 4.78 is 0. The molecule has 0 heterocycles. The SMILES string of the molecule is CCc1ccccc1C(=O)C(=Cc1ccc(O)cc1)C(=O)O. The first-order valence-electron chi connectivity index (χ1n) is 6.89. The molecule has 0 fully saturated rings. The standard InChI is InChI=1S/C18H16O4/c1-2-13-5-3-4-6-15(13)17(20)16(18(21)22)11-12-7-9-14(19)10-8-12/h3-11,19H,2H2,1H3,(H,21,22). The number of carbonyl (C=O) groups is 2. The normalized spacial score (nSPS) is 11.2. The number of benzene rings is 2. The number of ketones is 1. The van der Waals surface area contributed by atoms with Gasteiger partial charge in [-0.3, -0.25) is 4.79 Å². The van der Waals surface area contributed by atoms with Crippen LogP contribution in [0.3, 0.4) is 0 Å². The topological polar surface area (TPSA) is 74.6 Å². The fraction of sp³-hybridized carbons (Fsp3) is 0.111. The summed E-state index contributed by atoms with van der Waals surface area (Å²) >= 11 is 0. The minimum absolute atomic E-state index is 0.0803. The van der Waals surface area contributed by atoms with Gasteiger partial charge in [-0.1, -0.05) is 43.3 Å². The Morgan fingerprint density at radius 1 is 1.05 bits per heavy atom. The molecule has 0 saturated carbocycles. The summed E-state index contributed by atoms with van der Waals surface area (Å²) in [6.45, 7) is 1.91. The van der Waals surface area contributed by atoms with Gasteiger partial charge >= 0.3 is 5.97 Å². The van der Waals surface area contributed by atoms with E-state index in [0.29, 0.717) is 17.5 Å². The highest BCUT2D eigenvalue weighted by Crippen LogP contribution is 2.18. The zero-order valence-corrected chi connectivity index (χ0v) is 12.1. The minimum atomic E-state index is -1.27. The Labute approximate surface area is 128 Å². The molecule has 0 aliphatic heterocycles. The first-order chi connectivity index (χ1) is 10.5. The molecule has 4 heteroatoms. The number of carboxylic acids is 1. The molecule has 2 aromatic rings. The van der Waals surface area contributed by atoms with Gasteiger partial charge in [0, 0.05) is 5.56 Å². The number of hydrogen-bond acceptors (Lipinski definition) is 3. The van der Waals surface area contributed by atoms with Gasteiger partial charge in [-0.15, -0.1) is 0 Å². The van der Waals surface area contributed by atoms with Crippen LogP contribution in [0.4, 0.5) is 0 Å². The molecule has 0 atom stereocenters. The van der Waals surface area contributed by atoms with Crippen LogP contribution in [0.25, 0.3) is 6.08 Å². The van der Waals surface area contributed by atoms with Gasteiger partial charge in [-0.2, -0.15) is 0 Å². The molecule has 0 unspecified atom stereocenters. The molecule has 2 rings (SSSR count). The third-order valence-corrected chi connectivity index (χ3v) is 3.32. The van der Waals surface area contributed by atoms with E-state index in [9.17, 15) is 19.8 Å². The predicted molar refractivity (Wildman–Crippen MR) is 83.9 cm³/mol. The Hall–Kier alpha value is -2.88. The third-order valence-electron chi connectivity index (χ3n) is 3.32. The molecule has 0 aliphatic rings. The van der Waals surface area contributed by atoms with Gasteiger partial charge in [-0.25, -0.2) is 4.79 Å². The third kappa shape index (κ3) is 3.41. The van der Waals surface area contributed by atoms with Crippen LogP contribution in [-0.4, -0.2) is 22.0 Å². The van der Waals surface area contributed by atoms with Crippen LogP contribution in [0, 0.1) is 0 Å². The van der Waals surface area contributed by atoms with Crippen molar-refractivity contribution in [2.24, 2.45) is 0 Å². The second-order valence-electron chi connectivity index (χ2n) is 4.79. The Balaban J connectivity index is 2.46. The molecule has 0 amide bonds. The number of phenolic OH excluding ortho intramolecular Hbond substituents is 1. The molecule has 22 heavy (non-hydrogen) atoms. The van der Waals surface area contributed by atoms with Crippen LogP contribution in [0.15, 0.2) is 54.1 Å². The van der Waals surface area contributed by atoms with Gasteiger partial charge in [0.05, 0.1) is 0 Å². The fourth-order valence-corrected chi connectivity index (χ4v) is 2.16. The van der Waals surface area contributed by atoms with Crippen molar-refractivity contribution in [3.63, 3.8) is 0 Å². The molecule has 0 spiro atoms. The second kappa shape index (κ2) is 6.72. The van der Waals surface area contributed by atoms with Gasteiger partial charge in [0.2, 0.25) is 5.78 Å². The fourth-order valence-electron chi connectivity index (χ4n) is 2.16. The number of phenols is 1. The van der Waals surface area contributed by atoms with Crippen molar-refractivity contribution in [1.82, 2.24) is 0 Å². The number of carbonyl (C=O) groups excluding carboxylic acids is 1. The average molecular weight is 296 g/mol. The van der Waals surface area contributed by atoms with Crippen LogP contribution < -0.4 is 0 Å². The lowest BCUT2D eigenvalue weighted by atomic mass is 9.96. The van der Waals surface area contributed by atoms with Crippen molar-refractivity contribution in [1.29, 1.82) is 0 Å². The van der Waals surface area contributed by atoms with Crippen LogP contribution in [0.2, 0.25) is 0 Å². The van der Waals surface area contributed by atoms with Crippen molar-refractivity contribution in [3.05, 3.63) is 70.8 Å². The summed E-state index contributed by atoms with van der Waals surface area (Å²) in [6.07, 6.45) is 1.96. The molecule has 2 aromatic carbocycles. The Morgan fingerprint density at radius 2 is 1.68 bits per heavy atom. The number of aromatic hydroxyl groups is 1. The number of carboxylic acid groups (broad SMARTS) is 1. The Bertz CT molecular complexity index is 727. The molecule has 0 bridgehead atoms. The van der Waals surface area contributed by atoms with E-state index in [0.717, 1.165) is 5.56 Å². The molecule has 0 aromatic heterocycles. The van der Waals surface area contributed by atoms with E-state index in [4.69, 9.17) is 0 Å². The van der Waals surface area contributed by atoms with E-state index >= 15 is 0 Å². The van der Waals surface area contributed by atoms with E-state index in [1.807, 2.05) is 19.1 Å². The van der Waals surface area contributed by atoms with E-state index < -0.39 is 11.8 Å². The van der Waals surface area contributed by atoms with Crippen molar-refractivity contribution >= 4 is 17.8 Å². The highest BCUT2D eigenvalue weighted by atomic mass is 16.4. The smallest absolute Gasteiger partial charge is 0.339 e. The molecular formula is C18H16O4. The summed E-state index contributed by atoms with van der Waals surface area (Å²) in [5.41, 5.74) is 1.45. The molecule has 2 N–H and O–H groups in total. The van der Waals surface area contributed by atoms with Gasteiger partial charge in [0.25, 0.3) is 0 Å². The zero-order valence-electron chi connectivity index (χ0n) is 12.1. The van der Waals surface area contributed by atoms with Crippen LogP contribution in [-0.2, 0) is 11.2 Å². The maximum absolute atomic E-state index is 12.5. The minimum Gasteiger partial charge on any atom is -0.508 e.